The van der Waals surface area contributed by atoms with E-state index in [1.807, 2.05) is 24.3 Å². The highest BCUT2D eigenvalue weighted by Crippen LogP contribution is 2.23. The number of carbonyl (C=O) groups is 1. The number of piperidine rings is 1. The predicted octanol–water partition coefficient (Wildman–Crippen LogP) is 3.66. The molecule has 0 saturated carbocycles. The molecule has 1 aromatic heterocycles. The molecular formula is C21H21N3O3S. The number of nitrogens with one attached hydrogen (secondary N) is 1. The molecule has 1 aliphatic rings. The lowest BCUT2D eigenvalue weighted by atomic mass is 10.1. The van der Waals surface area contributed by atoms with Gasteiger partial charge in [-0.05, 0) is 49.2 Å². The van der Waals surface area contributed by atoms with Crippen molar-refractivity contribution in [1.82, 2.24) is 9.29 Å². The number of carbonyl (C=O) groups excluding carboxylic acids is 1. The molecule has 0 unspecified atom stereocenters. The molecule has 0 atom stereocenters. The highest BCUT2D eigenvalue weighted by Gasteiger charge is 2.25. The summed E-state index contributed by atoms with van der Waals surface area (Å²) in [5.41, 5.74) is 1.86. The number of anilines is 1. The van der Waals surface area contributed by atoms with Crippen LogP contribution in [-0.4, -0.2) is 36.7 Å². The van der Waals surface area contributed by atoms with Gasteiger partial charge in [0.15, 0.2) is 0 Å². The number of nitrogens with zero attached hydrogens (tertiary/aromatic N) is 2. The number of benzene rings is 2. The van der Waals surface area contributed by atoms with Crippen LogP contribution < -0.4 is 5.32 Å². The van der Waals surface area contributed by atoms with Gasteiger partial charge < -0.3 is 5.32 Å². The number of hydrogen-bond acceptors (Lipinski definition) is 4. The van der Waals surface area contributed by atoms with Crippen LogP contribution in [0.3, 0.4) is 0 Å². The lowest BCUT2D eigenvalue weighted by molar-refractivity contribution is 0.102. The van der Waals surface area contributed by atoms with E-state index in [1.54, 1.807) is 24.4 Å². The van der Waals surface area contributed by atoms with E-state index in [-0.39, 0.29) is 10.8 Å². The number of amides is 1. The molecular weight excluding hydrogens is 374 g/mol. The van der Waals surface area contributed by atoms with Crippen LogP contribution in [0.1, 0.15) is 29.6 Å². The minimum atomic E-state index is -3.50. The Morgan fingerprint density at radius 1 is 0.929 bits per heavy atom. The standard InChI is InChI=1S/C21H21N3O3S/c25-21(23-20-12-13-22-19-7-3-2-6-18(19)20)16-8-10-17(11-9-16)28(26,27)24-14-4-1-5-15-24/h2-3,6-13H,1,4-5,14-15H2,(H,22,23,25). The normalized spacial score (nSPS) is 15.4. The summed E-state index contributed by atoms with van der Waals surface area (Å²) in [6.07, 6.45) is 4.49. The van der Waals surface area contributed by atoms with Crippen molar-refractivity contribution in [3.8, 4) is 0 Å². The van der Waals surface area contributed by atoms with E-state index in [0.29, 0.717) is 24.3 Å². The van der Waals surface area contributed by atoms with Gasteiger partial charge in [0.2, 0.25) is 10.0 Å². The van der Waals surface area contributed by atoms with E-state index < -0.39 is 10.0 Å². The summed E-state index contributed by atoms with van der Waals surface area (Å²) in [5, 5.41) is 3.73. The summed E-state index contributed by atoms with van der Waals surface area (Å²) in [6, 6.07) is 15.4. The molecule has 0 bridgehead atoms. The first-order valence-electron chi connectivity index (χ1n) is 9.31. The van der Waals surface area contributed by atoms with Crippen molar-refractivity contribution in [3.63, 3.8) is 0 Å². The fraction of sp³-hybridized carbons (Fsp3) is 0.238. The maximum Gasteiger partial charge on any atom is 0.255 e. The molecule has 144 valence electrons. The highest BCUT2D eigenvalue weighted by molar-refractivity contribution is 7.89. The summed E-state index contributed by atoms with van der Waals surface area (Å²) in [5.74, 6) is -0.293. The Balaban J connectivity index is 1.54. The fourth-order valence-corrected chi connectivity index (χ4v) is 4.95. The van der Waals surface area contributed by atoms with Gasteiger partial charge in [-0.2, -0.15) is 4.31 Å². The van der Waals surface area contributed by atoms with Gasteiger partial charge in [0.05, 0.1) is 16.1 Å². The molecule has 1 amide bonds. The van der Waals surface area contributed by atoms with Gasteiger partial charge in [0, 0.05) is 30.2 Å². The lowest BCUT2D eigenvalue weighted by Gasteiger charge is -2.25. The average molecular weight is 395 g/mol. The van der Waals surface area contributed by atoms with E-state index in [1.165, 1.54) is 16.4 Å². The second kappa shape index (κ2) is 7.69. The number of rotatable bonds is 4. The molecule has 6 nitrogen and oxygen atoms in total. The number of sulfonamides is 1. The van der Waals surface area contributed by atoms with Gasteiger partial charge in [0.25, 0.3) is 5.91 Å². The van der Waals surface area contributed by atoms with E-state index >= 15 is 0 Å². The first kappa shape index (κ1) is 18.6. The maximum absolute atomic E-state index is 12.7. The first-order chi connectivity index (χ1) is 13.6. The second-order valence-corrected chi connectivity index (χ2v) is 8.76. The van der Waals surface area contributed by atoms with Gasteiger partial charge in [-0.1, -0.05) is 24.6 Å². The van der Waals surface area contributed by atoms with Crippen LogP contribution in [0.25, 0.3) is 10.9 Å². The topological polar surface area (TPSA) is 79.4 Å². The molecule has 3 aromatic rings. The van der Waals surface area contributed by atoms with Gasteiger partial charge in [-0.25, -0.2) is 8.42 Å². The van der Waals surface area contributed by atoms with Gasteiger partial charge in [0.1, 0.15) is 0 Å². The van der Waals surface area contributed by atoms with Crippen LogP contribution in [-0.2, 0) is 10.0 Å². The van der Waals surface area contributed by atoms with E-state index in [9.17, 15) is 13.2 Å². The van der Waals surface area contributed by atoms with Crippen molar-refractivity contribution >= 4 is 32.5 Å². The Hall–Kier alpha value is -2.77. The van der Waals surface area contributed by atoms with Crippen LogP contribution in [0.5, 0.6) is 0 Å². The number of pyridine rings is 1. The first-order valence-corrected chi connectivity index (χ1v) is 10.7. The molecule has 4 rings (SSSR count). The van der Waals surface area contributed by atoms with E-state index in [0.717, 1.165) is 30.2 Å². The Labute approximate surface area is 164 Å². The van der Waals surface area contributed by atoms with Crippen LogP contribution >= 0.6 is 0 Å². The van der Waals surface area contributed by atoms with Gasteiger partial charge in [-0.3, -0.25) is 9.78 Å². The molecule has 0 radical (unpaired) electrons. The fourth-order valence-electron chi connectivity index (χ4n) is 3.43. The van der Waals surface area contributed by atoms with Crippen molar-refractivity contribution in [2.75, 3.05) is 18.4 Å². The monoisotopic (exact) mass is 395 g/mol. The number of para-hydroxylation sites is 1. The zero-order valence-electron chi connectivity index (χ0n) is 15.3. The Bertz CT molecular complexity index is 1100. The predicted molar refractivity (Wildman–Crippen MR) is 109 cm³/mol. The van der Waals surface area contributed by atoms with E-state index in [2.05, 4.69) is 10.3 Å². The summed E-state index contributed by atoms with van der Waals surface area (Å²) in [6.45, 7) is 1.11. The summed E-state index contributed by atoms with van der Waals surface area (Å²) in [4.78, 5) is 17.1. The molecule has 1 fully saturated rings. The number of hydrogen-bond donors (Lipinski definition) is 1. The summed E-state index contributed by atoms with van der Waals surface area (Å²) >= 11 is 0. The minimum Gasteiger partial charge on any atom is -0.321 e. The number of aromatic nitrogens is 1. The summed E-state index contributed by atoms with van der Waals surface area (Å²) in [7, 11) is -3.50. The average Bonchev–Trinajstić information content (AvgIpc) is 2.75. The zero-order valence-corrected chi connectivity index (χ0v) is 16.2. The molecule has 0 spiro atoms. The minimum absolute atomic E-state index is 0.223. The Morgan fingerprint density at radius 3 is 2.39 bits per heavy atom. The van der Waals surface area contributed by atoms with Crippen LogP contribution in [0.4, 0.5) is 5.69 Å². The smallest absolute Gasteiger partial charge is 0.255 e. The third-order valence-corrected chi connectivity index (χ3v) is 6.88. The SMILES string of the molecule is O=C(Nc1ccnc2ccccc12)c1ccc(S(=O)(=O)N2CCCCC2)cc1. The highest BCUT2D eigenvalue weighted by atomic mass is 32.2. The van der Waals surface area contributed by atoms with Crippen LogP contribution in [0, 0.1) is 0 Å². The van der Waals surface area contributed by atoms with Crippen molar-refractivity contribution in [2.45, 2.75) is 24.2 Å². The van der Waals surface area contributed by atoms with Crippen molar-refractivity contribution < 1.29 is 13.2 Å². The number of fused-ring (bicyclic) bond motifs is 1. The Morgan fingerprint density at radius 2 is 1.64 bits per heavy atom. The van der Waals surface area contributed by atoms with Crippen molar-refractivity contribution in [3.05, 3.63) is 66.4 Å². The molecule has 28 heavy (non-hydrogen) atoms. The third kappa shape index (κ3) is 3.63. The van der Waals surface area contributed by atoms with Crippen LogP contribution in [0.2, 0.25) is 0 Å². The van der Waals surface area contributed by atoms with Gasteiger partial charge in [-0.15, -0.1) is 0 Å². The summed E-state index contributed by atoms with van der Waals surface area (Å²) < 4.78 is 27.0. The van der Waals surface area contributed by atoms with Crippen molar-refractivity contribution in [2.24, 2.45) is 0 Å². The third-order valence-electron chi connectivity index (χ3n) is 4.97. The van der Waals surface area contributed by atoms with Gasteiger partial charge >= 0.3 is 0 Å². The largest absolute Gasteiger partial charge is 0.321 e. The molecule has 2 aromatic carbocycles. The van der Waals surface area contributed by atoms with Crippen LogP contribution in [0.15, 0.2) is 65.7 Å². The van der Waals surface area contributed by atoms with Crippen molar-refractivity contribution in [1.29, 1.82) is 0 Å². The zero-order chi connectivity index (χ0) is 19.6. The maximum atomic E-state index is 12.7. The molecule has 1 N–H and O–H groups in total. The molecule has 0 aliphatic carbocycles. The molecule has 7 heteroatoms. The van der Waals surface area contributed by atoms with E-state index in [4.69, 9.17) is 0 Å². The molecule has 1 aliphatic heterocycles. The second-order valence-electron chi connectivity index (χ2n) is 6.82. The molecule has 2 heterocycles. The Kier molecular flexibility index (Phi) is 5.11. The molecule has 1 saturated heterocycles. The quantitative estimate of drug-likeness (QED) is 0.731. The lowest BCUT2D eigenvalue weighted by Crippen LogP contribution is -2.35.